The lowest BCUT2D eigenvalue weighted by Gasteiger charge is -2.13. The molecule has 0 spiro atoms. The van der Waals surface area contributed by atoms with Crippen molar-refractivity contribution in [1.29, 1.82) is 10.5 Å². The summed E-state index contributed by atoms with van der Waals surface area (Å²) in [6, 6.07) is 19.3. The number of amides is 1. The van der Waals surface area contributed by atoms with Crippen molar-refractivity contribution in [3.8, 4) is 23.3 Å². The molecule has 1 heterocycles. The van der Waals surface area contributed by atoms with E-state index in [-0.39, 0.29) is 29.3 Å². The van der Waals surface area contributed by atoms with E-state index in [1.807, 2.05) is 62.4 Å². The summed E-state index contributed by atoms with van der Waals surface area (Å²) in [6.07, 6.45) is 0.241. The zero-order chi connectivity index (χ0) is 22.4. The average molecular weight is 428 g/mol. The van der Waals surface area contributed by atoms with E-state index in [9.17, 15) is 15.3 Å². The lowest BCUT2D eigenvalue weighted by atomic mass is 9.97. The van der Waals surface area contributed by atoms with E-state index in [1.54, 1.807) is 0 Å². The number of hydrogen-bond acceptors (Lipinski definition) is 6. The fourth-order valence-electron chi connectivity index (χ4n) is 3.12. The summed E-state index contributed by atoms with van der Waals surface area (Å²) in [4.78, 5) is 16.7. The number of nitrogen functional groups attached to an aromatic ring is 1. The van der Waals surface area contributed by atoms with Crippen LogP contribution in [0.5, 0.6) is 0 Å². The van der Waals surface area contributed by atoms with Gasteiger partial charge in [0.2, 0.25) is 5.91 Å². The number of nitriles is 2. The van der Waals surface area contributed by atoms with Gasteiger partial charge in [-0.1, -0.05) is 42.5 Å². The van der Waals surface area contributed by atoms with Crippen LogP contribution in [-0.2, 0) is 4.79 Å². The topological polar surface area (TPSA) is 116 Å². The van der Waals surface area contributed by atoms with Gasteiger partial charge in [-0.05, 0) is 36.6 Å². The molecule has 3 N–H and O–H groups in total. The van der Waals surface area contributed by atoms with Crippen LogP contribution in [0.4, 0.5) is 11.5 Å². The van der Waals surface area contributed by atoms with Crippen LogP contribution in [0.2, 0.25) is 0 Å². The van der Waals surface area contributed by atoms with E-state index >= 15 is 0 Å². The summed E-state index contributed by atoms with van der Waals surface area (Å²) in [5, 5.41) is 22.7. The van der Waals surface area contributed by atoms with Gasteiger partial charge in [0.1, 0.15) is 28.5 Å². The molecule has 0 atom stereocenters. The lowest BCUT2D eigenvalue weighted by molar-refractivity contribution is -0.115. The number of pyridine rings is 1. The molecule has 0 unspecified atom stereocenters. The number of hydrogen-bond donors (Lipinski definition) is 2. The number of benzene rings is 2. The van der Waals surface area contributed by atoms with Crippen LogP contribution in [-0.4, -0.2) is 16.6 Å². The Balaban J connectivity index is 1.80. The number of carbonyl (C=O) groups excluding carboxylic acids is 1. The van der Waals surface area contributed by atoms with Crippen molar-refractivity contribution >= 4 is 29.2 Å². The van der Waals surface area contributed by atoms with Crippen LogP contribution in [0.1, 0.15) is 28.7 Å². The predicted molar refractivity (Wildman–Crippen MR) is 123 cm³/mol. The molecule has 0 aliphatic rings. The molecular formula is C24H21N5OS. The van der Waals surface area contributed by atoms with Crippen molar-refractivity contribution in [3.05, 3.63) is 70.8 Å². The third-order valence-electron chi connectivity index (χ3n) is 4.71. The molecule has 1 aromatic heterocycles. The Hall–Kier alpha value is -3.81. The Labute approximate surface area is 185 Å². The summed E-state index contributed by atoms with van der Waals surface area (Å²) in [5.41, 5.74) is 10.5. The van der Waals surface area contributed by atoms with Gasteiger partial charge in [-0.15, -0.1) is 11.8 Å². The Bertz CT molecular complexity index is 1210. The highest BCUT2D eigenvalue weighted by Gasteiger charge is 2.20. The molecule has 6 nitrogen and oxygen atoms in total. The maximum absolute atomic E-state index is 12.4. The monoisotopic (exact) mass is 427 g/mol. The van der Waals surface area contributed by atoms with E-state index in [0.717, 1.165) is 22.4 Å². The average Bonchev–Trinajstić information content (AvgIpc) is 2.76. The highest BCUT2D eigenvalue weighted by molar-refractivity contribution is 7.99. The second kappa shape index (κ2) is 9.80. The van der Waals surface area contributed by atoms with Gasteiger partial charge in [-0.25, -0.2) is 4.98 Å². The first-order chi connectivity index (χ1) is 14.9. The number of nitrogens with two attached hydrogens (primary N) is 1. The van der Waals surface area contributed by atoms with Gasteiger partial charge >= 0.3 is 0 Å². The third kappa shape index (κ3) is 5.03. The van der Waals surface area contributed by atoms with Crippen LogP contribution < -0.4 is 11.1 Å². The number of rotatable bonds is 6. The second-order valence-corrected chi connectivity index (χ2v) is 8.07. The summed E-state index contributed by atoms with van der Waals surface area (Å²) < 4.78 is 0. The van der Waals surface area contributed by atoms with Crippen LogP contribution in [0.25, 0.3) is 11.1 Å². The molecule has 0 fully saturated rings. The quantitative estimate of drug-likeness (QED) is 0.545. The summed E-state index contributed by atoms with van der Waals surface area (Å²) in [5.74, 6) is 0.366. The number of anilines is 2. The van der Waals surface area contributed by atoms with Gasteiger partial charge in [0.25, 0.3) is 0 Å². The van der Waals surface area contributed by atoms with Crippen molar-refractivity contribution in [3.63, 3.8) is 0 Å². The molecule has 7 heteroatoms. The van der Waals surface area contributed by atoms with Gasteiger partial charge in [0.15, 0.2) is 0 Å². The van der Waals surface area contributed by atoms with E-state index < -0.39 is 0 Å². The Morgan fingerprint density at radius 2 is 1.81 bits per heavy atom. The van der Waals surface area contributed by atoms with Crippen molar-refractivity contribution in [2.45, 2.75) is 25.3 Å². The maximum atomic E-state index is 12.4. The number of aromatic nitrogens is 1. The standard InChI is InChI=1S/C24H21N5OS/c1-15-8-9-16(2)20(12-15)28-21(30)10-11-31-24-19(14-26)22(17-6-4-3-5-7-17)18(13-25)23(27)29-24/h3-9,12H,10-11H2,1-2H3,(H2,27,29)(H,28,30). The molecule has 3 rings (SSSR count). The van der Waals surface area contributed by atoms with Crippen LogP contribution in [0.3, 0.4) is 0 Å². The number of thioether (sulfide) groups is 1. The predicted octanol–water partition coefficient (Wildman–Crippen LogP) is 4.81. The molecule has 0 radical (unpaired) electrons. The molecule has 1 amide bonds. The molecule has 0 saturated carbocycles. The van der Waals surface area contributed by atoms with Gasteiger partial charge in [0, 0.05) is 23.4 Å². The Morgan fingerprint density at radius 3 is 2.48 bits per heavy atom. The summed E-state index contributed by atoms with van der Waals surface area (Å²) in [6.45, 7) is 3.91. The fraction of sp³-hybridized carbons (Fsp3) is 0.167. The number of aryl methyl sites for hydroxylation is 2. The highest BCUT2D eigenvalue weighted by Crippen LogP contribution is 2.35. The first kappa shape index (κ1) is 21.9. The Morgan fingerprint density at radius 1 is 1.10 bits per heavy atom. The molecular weight excluding hydrogens is 406 g/mol. The van der Waals surface area contributed by atoms with Gasteiger partial charge < -0.3 is 11.1 Å². The van der Waals surface area contributed by atoms with Crippen molar-refractivity contribution in [2.75, 3.05) is 16.8 Å². The largest absolute Gasteiger partial charge is 0.383 e. The van der Waals surface area contributed by atoms with Crippen LogP contribution in [0, 0.1) is 36.5 Å². The molecule has 2 aromatic carbocycles. The van der Waals surface area contributed by atoms with E-state index in [0.29, 0.717) is 16.3 Å². The summed E-state index contributed by atoms with van der Waals surface area (Å²) >= 11 is 1.28. The zero-order valence-electron chi connectivity index (χ0n) is 17.3. The number of nitrogens with zero attached hydrogens (tertiary/aromatic N) is 3. The SMILES string of the molecule is Cc1ccc(C)c(NC(=O)CCSc2nc(N)c(C#N)c(-c3ccccc3)c2C#N)c1. The molecule has 0 saturated heterocycles. The zero-order valence-corrected chi connectivity index (χ0v) is 18.1. The minimum atomic E-state index is -0.121. The van der Waals surface area contributed by atoms with Crippen molar-refractivity contribution < 1.29 is 4.79 Å². The minimum Gasteiger partial charge on any atom is -0.383 e. The van der Waals surface area contributed by atoms with Crippen LogP contribution >= 0.6 is 11.8 Å². The van der Waals surface area contributed by atoms with Gasteiger partial charge in [-0.2, -0.15) is 10.5 Å². The first-order valence-corrected chi connectivity index (χ1v) is 10.6. The van der Waals surface area contributed by atoms with Gasteiger partial charge in [0.05, 0.1) is 5.56 Å². The molecule has 154 valence electrons. The normalized spacial score (nSPS) is 10.2. The molecule has 0 aliphatic carbocycles. The number of nitrogens with one attached hydrogen (secondary N) is 1. The summed E-state index contributed by atoms with van der Waals surface area (Å²) in [7, 11) is 0. The minimum absolute atomic E-state index is 0.0719. The highest BCUT2D eigenvalue weighted by atomic mass is 32.2. The molecule has 0 aliphatic heterocycles. The molecule has 3 aromatic rings. The van der Waals surface area contributed by atoms with Crippen LogP contribution in [0.15, 0.2) is 53.6 Å². The van der Waals surface area contributed by atoms with Crippen molar-refractivity contribution in [1.82, 2.24) is 4.98 Å². The smallest absolute Gasteiger partial charge is 0.225 e. The van der Waals surface area contributed by atoms with E-state index in [1.165, 1.54) is 11.8 Å². The van der Waals surface area contributed by atoms with E-state index in [2.05, 4.69) is 22.4 Å². The van der Waals surface area contributed by atoms with Crippen molar-refractivity contribution in [2.24, 2.45) is 0 Å². The second-order valence-electron chi connectivity index (χ2n) is 6.98. The molecule has 31 heavy (non-hydrogen) atoms. The Kier molecular flexibility index (Phi) is 6.92. The lowest BCUT2D eigenvalue weighted by Crippen LogP contribution is -2.13. The number of carbonyl (C=O) groups is 1. The van der Waals surface area contributed by atoms with E-state index in [4.69, 9.17) is 5.73 Å². The third-order valence-corrected chi connectivity index (χ3v) is 5.69. The maximum Gasteiger partial charge on any atom is 0.225 e. The van der Waals surface area contributed by atoms with Gasteiger partial charge in [-0.3, -0.25) is 4.79 Å². The fourth-order valence-corrected chi connectivity index (χ4v) is 4.06. The first-order valence-electron chi connectivity index (χ1n) is 9.63. The molecule has 0 bridgehead atoms.